The highest BCUT2D eigenvalue weighted by molar-refractivity contribution is 7.48. The quantitative estimate of drug-likeness (QED) is 0.590. The Morgan fingerprint density at radius 2 is 1.36 bits per heavy atom. The van der Waals surface area contributed by atoms with Gasteiger partial charge in [0.05, 0.1) is 0 Å². The molecule has 3 unspecified atom stereocenters. The molecule has 0 N–H and O–H groups in total. The van der Waals surface area contributed by atoms with Crippen molar-refractivity contribution in [2.24, 2.45) is 0 Å². The molecule has 3 nitrogen and oxygen atoms in total. The minimum absolute atomic E-state index is 0.106. The molecule has 0 saturated heterocycles. The summed E-state index contributed by atoms with van der Waals surface area (Å²) >= 11 is 0. The van der Waals surface area contributed by atoms with Gasteiger partial charge in [-0.1, -0.05) is 38.1 Å². The van der Waals surface area contributed by atoms with Gasteiger partial charge in [-0.05, 0) is 67.5 Å². The van der Waals surface area contributed by atoms with Crippen molar-refractivity contribution >= 4 is 8.38 Å². The lowest BCUT2D eigenvalue weighted by Gasteiger charge is -2.25. The minimum Gasteiger partial charge on any atom is -0.437 e. The molecule has 6 rings (SSSR count). The van der Waals surface area contributed by atoms with Crippen LogP contribution in [-0.4, -0.2) is 12.5 Å². The Bertz CT molecular complexity index is 615. The zero-order chi connectivity index (χ0) is 17.8. The van der Waals surface area contributed by atoms with Crippen molar-refractivity contribution in [1.82, 2.24) is 0 Å². The number of hydrogen-bond donors (Lipinski definition) is 0. The summed E-state index contributed by atoms with van der Waals surface area (Å²) in [5.41, 5.74) is 2.69. The SMILES string of the molecule is CCOC(C)P1Oc2ccc(cc2)C(C)CC(C)c2ccc(cc2)O1. The number of hydrogen-bond acceptors (Lipinski definition) is 3. The van der Waals surface area contributed by atoms with E-state index < -0.39 is 8.38 Å². The van der Waals surface area contributed by atoms with E-state index in [0.29, 0.717) is 18.4 Å². The first-order valence-corrected chi connectivity index (χ1v) is 10.3. The molecule has 0 aromatic heterocycles. The fourth-order valence-electron chi connectivity index (χ4n) is 3.19. The molecule has 4 aliphatic heterocycles. The van der Waals surface area contributed by atoms with Gasteiger partial charge in [0.15, 0.2) is 0 Å². The van der Waals surface area contributed by atoms with Crippen LogP contribution in [0.5, 0.6) is 11.5 Å². The number of rotatable bonds is 3. The third-order valence-corrected chi connectivity index (χ3v) is 6.23. The van der Waals surface area contributed by atoms with E-state index in [-0.39, 0.29) is 5.85 Å². The first-order valence-electron chi connectivity index (χ1n) is 9.03. The second-order valence-corrected chi connectivity index (χ2v) is 8.36. The van der Waals surface area contributed by atoms with Gasteiger partial charge < -0.3 is 13.8 Å². The van der Waals surface area contributed by atoms with E-state index >= 15 is 0 Å². The summed E-state index contributed by atoms with van der Waals surface area (Å²) < 4.78 is 18.1. The van der Waals surface area contributed by atoms with E-state index in [0.717, 1.165) is 17.9 Å². The summed E-state index contributed by atoms with van der Waals surface area (Å²) in [4.78, 5) is 0. The van der Waals surface area contributed by atoms with Crippen LogP contribution in [0, 0.1) is 0 Å². The molecule has 3 atom stereocenters. The Morgan fingerprint density at radius 1 is 0.920 bits per heavy atom. The average molecular weight is 358 g/mol. The standard InChI is InChI=1S/C21H27O3P/c1-5-22-17(4)25-23-20-10-6-18(7-11-20)15(2)14-16(3)19-8-12-21(24-25)13-9-19/h6-13,15-17H,5,14H2,1-4H3. The first-order chi connectivity index (χ1) is 12.1. The molecule has 25 heavy (non-hydrogen) atoms. The van der Waals surface area contributed by atoms with Crippen LogP contribution in [0.25, 0.3) is 0 Å². The highest BCUT2D eigenvalue weighted by atomic mass is 31.2. The van der Waals surface area contributed by atoms with E-state index in [2.05, 4.69) is 38.1 Å². The Labute approximate surface area is 152 Å². The summed E-state index contributed by atoms with van der Waals surface area (Å²) in [6, 6.07) is 16.8. The summed E-state index contributed by atoms with van der Waals surface area (Å²) in [5.74, 6) is 2.56. The van der Waals surface area contributed by atoms with Gasteiger partial charge in [0, 0.05) is 6.61 Å². The summed E-state index contributed by atoms with van der Waals surface area (Å²) in [6.45, 7) is 9.22. The van der Waals surface area contributed by atoms with Crippen molar-refractivity contribution < 1.29 is 13.8 Å². The third kappa shape index (κ3) is 4.54. The van der Waals surface area contributed by atoms with Crippen molar-refractivity contribution in [3.05, 3.63) is 59.7 Å². The molecule has 4 bridgehead atoms. The Hall–Kier alpha value is -1.57. The lowest BCUT2D eigenvalue weighted by Crippen LogP contribution is -2.13. The molecule has 2 aromatic carbocycles. The maximum Gasteiger partial charge on any atom is 0.321 e. The predicted molar refractivity (Wildman–Crippen MR) is 104 cm³/mol. The van der Waals surface area contributed by atoms with Gasteiger partial charge >= 0.3 is 8.38 Å². The van der Waals surface area contributed by atoms with Crippen LogP contribution >= 0.6 is 8.38 Å². The zero-order valence-electron chi connectivity index (χ0n) is 15.4. The lowest BCUT2D eigenvalue weighted by atomic mass is 9.87. The molecule has 0 saturated carbocycles. The van der Waals surface area contributed by atoms with Gasteiger partial charge in [-0.15, -0.1) is 0 Å². The number of benzene rings is 2. The Balaban J connectivity index is 1.94. The minimum atomic E-state index is -1.23. The molecular formula is C21H27O3P. The third-order valence-electron chi connectivity index (χ3n) is 4.70. The van der Waals surface area contributed by atoms with Gasteiger partial charge in [0.25, 0.3) is 0 Å². The highest BCUT2D eigenvalue weighted by Gasteiger charge is 2.25. The first kappa shape index (κ1) is 18.2. The molecule has 2 aromatic rings. The fraction of sp³-hybridized carbons (Fsp3) is 0.429. The fourth-order valence-corrected chi connectivity index (χ4v) is 4.46. The van der Waals surface area contributed by atoms with Crippen LogP contribution in [0.2, 0.25) is 0 Å². The van der Waals surface area contributed by atoms with E-state index in [1.54, 1.807) is 0 Å². The summed E-state index contributed by atoms with van der Waals surface area (Å²) in [7, 11) is -1.23. The van der Waals surface area contributed by atoms with E-state index in [4.69, 9.17) is 13.8 Å². The van der Waals surface area contributed by atoms with Gasteiger partial charge in [-0.2, -0.15) is 0 Å². The molecule has 0 amide bonds. The molecule has 4 heteroatoms. The predicted octanol–water partition coefficient (Wildman–Crippen LogP) is 6.45. The van der Waals surface area contributed by atoms with Crippen LogP contribution in [-0.2, 0) is 4.74 Å². The van der Waals surface area contributed by atoms with Crippen molar-refractivity contribution in [1.29, 1.82) is 0 Å². The summed E-state index contributed by atoms with van der Waals surface area (Å²) in [5, 5.41) is 0. The molecule has 4 heterocycles. The smallest absolute Gasteiger partial charge is 0.321 e. The topological polar surface area (TPSA) is 27.7 Å². The molecular weight excluding hydrogens is 331 g/mol. The van der Waals surface area contributed by atoms with Crippen LogP contribution in [0.3, 0.4) is 0 Å². The van der Waals surface area contributed by atoms with E-state index in [9.17, 15) is 0 Å². The van der Waals surface area contributed by atoms with E-state index in [1.165, 1.54) is 11.1 Å². The normalized spacial score (nSPS) is 24.2. The largest absolute Gasteiger partial charge is 0.437 e. The molecule has 0 aliphatic carbocycles. The van der Waals surface area contributed by atoms with Crippen LogP contribution in [0.15, 0.2) is 48.5 Å². The van der Waals surface area contributed by atoms with E-state index in [1.807, 2.05) is 38.1 Å². The second kappa shape index (κ2) is 8.21. The van der Waals surface area contributed by atoms with Crippen molar-refractivity contribution in [3.63, 3.8) is 0 Å². The molecule has 134 valence electrons. The van der Waals surface area contributed by atoms with Crippen LogP contribution in [0.1, 0.15) is 57.1 Å². The average Bonchev–Trinajstić information content (AvgIpc) is 2.62. The van der Waals surface area contributed by atoms with Crippen molar-refractivity contribution in [3.8, 4) is 11.5 Å². The summed E-state index contributed by atoms with van der Waals surface area (Å²) in [6.07, 6.45) is 1.12. The van der Waals surface area contributed by atoms with Crippen molar-refractivity contribution in [2.45, 2.75) is 51.8 Å². The maximum absolute atomic E-state index is 6.15. The van der Waals surface area contributed by atoms with Gasteiger partial charge in [-0.25, -0.2) is 0 Å². The molecule has 0 spiro atoms. The van der Waals surface area contributed by atoms with Gasteiger partial charge in [0.1, 0.15) is 17.3 Å². The number of ether oxygens (including phenoxy) is 1. The van der Waals surface area contributed by atoms with Gasteiger partial charge in [-0.3, -0.25) is 0 Å². The Kier molecular flexibility index (Phi) is 5.98. The molecule has 4 aliphatic rings. The zero-order valence-corrected chi connectivity index (χ0v) is 16.3. The van der Waals surface area contributed by atoms with Crippen molar-refractivity contribution in [2.75, 3.05) is 6.61 Å². The second-order valence-electron chi connectivity index (χ2n) is 6.70. The highest BCUT2D eigenvalue weighted by Crippen LogP contribution is 2.46. The van der Waals surface area contributed by atoms with Crippen LogP contribution < -0.4 is 9.05 Å². The maximum atomic E-state index is 6.15. The van der Waals surface area contributed by atoms with Gasteiger partial charge in [0.2, 0.25) is 0 Å². The lowest BCUT2D eigenvalue weighted by molar-refractivity contribution is 0.121. The van der Waals surface area contributed by atoms with Crippen LogP contribution in [0.4, 0.5) is 0 Å². The molecule has 0 fully saturated rings. The molecule has 0 radical (unpaired) electrons. The monoisotopic (exact) mass is 358 g/mol. The Morgan fingerprint density at radius 3 is 1.76 bits per heavy atom.